The summed E-state index contributed by atoms with van der Waals surface area (Å²) in [6.07, 6.45) is 8.06. The number of hydrogen-bond acceptors (Lipinski definition) is 5. The number of ether oxygens (including phenoxy) is 1. The minimum Gasteiger partial charge on any atom is -0.378 e. The Balaban J connectivity index is 1.24. The molecule has 160 valence electrons. The fourth-order valence-electron chi connectivity index (χ4n) is 4.51. The van der Waals surface area contributed by atoms with Crippen molar-refractivity contribution in [1.82, 2.24) is 15.2 Å². The number of nitrogens with one attached hydrogen (secondary N) is 1. The Morgan fingerprint density at radius 2 is 1.97 bits per heavy atom. The molecule has 0 bridgehead atoms. The van der Waals surface area contributed by atoms with Crippen LogP contribution in [-0.4, -0.2) is 61.2 Å². The highest BCUT2D eigenvalue weighted by Gasteiger charge is 2.42. The average molecular weight is 409 g/mol. The lowest BCUT2D eigenvalue weighted by atomic mass is 9.88. The number of hydrogen-bond donors (Lipinski definition) is 1. The standard InChI is InChI=1S/C24H32N4O2/c1-27(2)21-5-3-4-20(16-21)23(29)26-17-22-6-9-24(30-22)10-14-28(15-11-24)18-19-7-12-25-13-8-19/h3-5,7-8,12-13,16,22H,6,9-11,14-15,17-18H2,1-2H3,(H,26,29). The molecule has 0 saturated carbocycles. The number of piperidine rings is 1. The van der Waals surface area contributed by atoms with E-state index in [0.717, 1.165) is 51.0 Å². The zero-order valence-electron chi connectivity index (χ0n) is 18.0. The summed E-state index contributed by atoms with van der Waals surface area (Å²) in [4.78, 5) is 21.2. The highest BCUT2D eigenvalue weighted by molar-refractivity contribution is 5.95. The van der Waals surface area contributed by atoms with Crippen molar-refractivity contribution in [3.8, 4) is 0 Å². The van der Waals surface area contributed by atoms with Gasteiger partial charge >= 0.3 is 0 Å². The topological polar surface area (TPSA) is 57.7 Å². The normalized spacial score (nSPS) is 20.9. The third-order valence-electron chi connectivity index (χ3n) is 6.38. The molecule has 6 nitrogen and oxygen atoms in total. The van der Waals surface area contributed by atoms with E-state index in [0.29, 0.717) is 12.1 Å². The van der Waals surface area contributed by atoms with Crippen LogP contribution in [0.25, 0.3) is 0 Å². The van der Waals surface area contributed by atoms with Crippen molar-refractivity contribution in [3.63, 3.8) is 0 Å². The van der Waals surface area contributed by atoms with Crippen LogP contribution < -0.4 is 10.2 Å². The van der Waals surface area contributed by atoms with Gasteiger partial charge in [0.05, 0.1) is 11.7 Å². The molecule has 4 rings (SSSR count). The van der Waals surface area contributed by atoms with Gasteiger partial charge in [-0.1, -0.05) is 6.07 Å². The largest absolute Gasteiger partial charge is 0.378 e. The molecular weight excluding hydrogens is 376 g/mol. The molecule has 1 aromatic carbocycles. The second-order valence-electron chi connectivity index (χ2n) is 8.75. The molecular formula is C24H32N4O2. The van der Waals surface area contributed by atoms with E-state index >= 15 is 0 Å². The smallest absolute Gasteiger partial charge is 0.251 e. The molecule has 1 amide bonds. The number of anilines is 1. The Morgan fingerprint density at radius 1 is 1.20 bits per heavy atom. The van der Waals surface area contributed by atoms with Crippen LogP contribution in [0.15, 0.2) is 48.8 Å². The van der Waals surface area contributed by atoms with Gasteiger partial charge in [-0.15, -0.1) is 0 Å². The first-order valence-corrected chi connectivity index (χ1v) is 10.9. The zero-order valence-corrected chi connectivity index (χ0v) is 18.0. The van der Waals surface area contributed by atoms with Gasteiger partial charge in [-0.05, 0) is 61.6 Å². The van der Waals surface area contributed by atoms with E-state index in [4.69, 9.17) is 4.74 Å². The van der Waals surface area contributed by atoms with Crippen LogP contribution >= 0.6 is 0 Å². The minimum absolute atomic E-state index is 0.00498. The molecule has 2 aliphatic heterocycles. The third kappa shape index (κ3) is 4.99. The van der Waals surface area contributed by atoms with Crippen molar-refractivity contribution >= 4 is 11.6 Å². The molecule has 1 spiro atoms. The first-order chi connectivity index (χ1) is 14.5. The Morgan fingerprint density at radius 3 is 2.70 bits per heavy atom. The van der Waals surface area contributed by atoms with Gasteiger partial charge in [0, 0.05) is 63.9 Å². The fraction of sp³-hybridized carbons (Fsp3) is 0.500. The summed E-state index contributed by atoms with van der Waals surface area (Å²) < 4.78 is 6.48. The molecule has 1 atom stereocenters. The van der Waals surface area contributed by atoms with Crippen molar-refractivity contribution in [3.05, 3.63) is 59.9 Å². The second kappa shape index (κ2) is 9.14. The van der Waals surface area contributed by atoms with Gasteiger partial charge in [-0.3, -0.25) is 14.7 Å². The SMILES string of the molecule is CN(C)c1cccc(C(=O)NCC2CCC3(CCN(Cc4ccncc4)CC3)O2)c1. The molecule has 0 aliphatic carbocycles. The minimum atomic E-state index is -0.0320. The molecule has 1 aromatic heterocycles. The predicted octanol–water partition coefficient (Wildman–Crippen LogP) is 3.09. The van der Waals surface area contributed by atoms with E-state index in [9.17, 15) is 4.79 Å². The first kappa shape index (κ1) is 20.8. The van der Waals surface area contributed by atoms with E-state index < -0.39 is 0 Å². The molecule has 2 saturated heterocycles. The second-order valence-corrected chi connectivity index (χ2v) is 8.75. The summed E-state index contributed by atoms with van der Waals surface area (Å²) in [5.41, 5.74) is 3.03. The number of rotatable bonds is 6. The van der Waals surface area contributed by atoms with Gasteiger partial charge in [-0.25, -0.2) is 0 Å². The summed E-state index contributed by atoms with van der Waals surface area (Å²) in [7, 11) is 3.95. The van der Waals surface area contributed by atoms with Crippen LogP contribution in [0.2, 0.25) is 0 Å². The van der Waals surface area contributed by atoms with Crippen molar-refractivity contribution in [2.24, 2.45) is 0 Å². The van der Waals surface area contributed by atoms with Gasteiger partial charge in [0.25, 0.3) is 5.91 Å². The highest BCUT2D eigenvalue weighted by atomic mass is 16.5. The van der Waals surface area contributed by atoms with Gasteiger partial charge in [0.2, 0.25) is 0 Å². The number of amides is 1. The number of nitrogens with zero attached hydrogens (tertiary/aromatic N) is 3. The van der Waals surface area contributed by atoms with Crippen molar-refractivity contribution in [2.45, 2.75) is 43.9 Å². The highest BCUT2D eigenvalue weighted by Crippen LogP contribution is 2.39. The lowest BCUT2D eigenvalue weighted by Gasteiger charge is -2.39. The molecule has 3 heterocycles. The number of likely N-dealkylation sites (tertiary alicyclic amines) is 1. The average Bonchev–Trinajstić information content (AvgIpc) is 3.17. The molecule has 1 N–H and O–H groups in total. The van der Waals surface area contributed by atoms with Gasteiger partial charge in [-0.2, -0.15) is 0 Å². The van der Waals surface area contributed by atoms with Crippen LogP contribution in [0.3, 0.4) is 0 Å². The van der Waals surface area contributed by atoms with Gasteiger partial charge in [0.15, 0.2) is 0 Å². The quantitative estimate of drug-likeness (QED) is 0.796. The van der Waals surface area contributed by atoms with E-state index in [2.05, 4.69) is 27.3 Å². The molecule has 2 aliphatic rings. The van der Waals surface area contributed by atoms with E-state index in [1.807, 2.05) is 55.7 Å². The molecule has 30 heavy (non-hydrogen) atoms. The number of aromatic nitrogens is 1. The van der Waals surface area contributed by atoms with E-state index in [1.165, 1.54) is 5.56 Å². The Bertz CT molecular complexity index is 847. The number of benzene rings is 1. The van der Waals surface area contributed by atoms with Gasteiger partial charge in [0.1, 0.15) is 0 Å². The summed E-state index contributed by atoms with van der Waals surface area (Å²) in [6, 6.07) is 11.9. The molecule has 2 aromatic rings. The summed E-state index contributed by atoms with van der Waals surface area (Å²) in [6.45, 7) is 3.66. The summed E-state index contributed by atoms with van der Waals surface area (Å²) >= 11 is 0. The molecule has 0 radical (unpaired) electrons. The Labute approximate surface area is 179 Å². The van der Waals surface area contributed by atoms with Crippen LogP contribution in [0, 0.1) is 0 Å². The molecule has 2 fully saturated rings. The summed E-state index contributed by atoms with van der Waals surface area (Å²) in [5, 5.41) is 3.07. The van der Waals surface area contributed by atoms with E-state index in [-0.39, 0.29) is 17.6 Å². The van der Waals surface area contributed by atoms with Crippen molar-refractivity contribution in [2.75, 3.05) is 38.6 Å². The fourth-order valence-corrected chi connectivity index (χ4v) is 4.51. The monoisotopic (exact) mass is 408 g/mol. The van der Waals surface area contributed by atoms with Crippen LogP contribution in [0.5, 0.6) is 0 Å². The molecule has 6 heteroatoms. The first-order valence-electron chi connectivity index (χ1n) is 10.9. The Hall–Kier alpha value is -2.44. The lowest BCUT2D eigenvalue weighted by Crippen LogP contribution is -2.44. The van der Waals surface area contributed by atoms with Crippen LogP contribution in [0.4, 0.5) is 5.69 Å². The maximum absolute atomic E-state index is 12.6. The zero-order chi connectivity index (χ0) is 21.0. The van der Waals surface area contributed by atoms with Crippen molar-refractivity contribution in [1.29, 1.82) is 0 Å². The maximum Gasteiger partial charge on any atom is 0.251 e. The summed E-state index contributed by atoms with van der Waals surface area (Å²) in [5.74, 6) is -0.0320. The van der Waals surface area contributed by atoms with Crippen LogP contribution in [-0.2, 0) is 11.3 Å². The third-order valence-corrected chi connectivity index (χ3v) is 6.38. The number of carbonyl (C=O) groups excluding carboxylic acids is 1. The van der Waals surface area contributed by atoms with Crippen molar-refractivity contribution < 1.29 is 9.53 Å². The van der Waals surface area contributed by atoms with E-state index in [1.54, 1.807) is 0 Å². The predicted molar refractivity (Wildman–Crippen MR) is 119 cm³/mol. The number of carbonyl (C=O) groups is 1. The molecule has 1 unspecified atom stereocenters. The van der Waals surface area contributed by atoms with Crippen LogP contribution in [0.1, 0.15) is 41.6 Å². The number of pyridine rings is 1. The Kier molecular flexibility index (Phi) is 6.35. The lowest BCUT2D eigenvalue weighted by molar-refractivity contribution is -0.0764. The maximum atomic E-state index is 12.6. The van der Waals surface area contributed by atoms with Gasteiger partial charge < -0.3 is 15.0 Å².